The molecule has 1 fully saturated rings. The Morgan fingerprint density at radius 2 is 2.06 bits per heavy atom. The highest BCUT2D eigenvalue weighted by atomic mass is 16.6. The number of benzene rings is 1. The number of ether oxygens (including phenoxy) is 4. The lowest BCUT2D eigenvalue weighted by Gasteiger charge is -2.30. The summed E-state index contributed by atoms with van der Waals surface area (Å²) >= 11 is 0. The van der Waals surface area contributed by atoms with Crippen molar-refractivity contribution in [2.45, 2.75) is 25.2 Å². The quantitative estimate of drug-likeness (QED) is 0.745. The first-order valence-corrected chi connectivity index (χ1v) is 5.94. The van der Waals surface area contributed by atoms with E-state index in [9.17, 15) is 0 Å². The maximum atomic E-state index is 5.86. The topological polar surface area (TPSA) is 40.2 Å². The fourth-order valence-corrected chi connectivity index (χ4v) is 1.80. The van der Waals surface area contributed by atoms with Crippen LogP contribution in [-0.2, 0) is 9.47 Å². The molecule has 0 spiro atoms. The third-order valence-corrected chi connectivity index (χ3v) is 3.00. The molecule has 2 aliphatic heterocycles. The Balaban J connectivity index is 1.58. The van der Waals surface area contributed by atoms with Crippen LogP contribution in [0.4, 0.5) is 0 Å². The third-order valence-electron chi connectivity index (χ3n) is 3.00. The van der Waals surface area contributed by atoms with Gasteiger partial charge in [0.25, 0.3) is 0 Å². The summed E-state index contributed by atoms with van der Waals surface area (Å²) in [4.78, 5) is 0. The summed E-state index contributed by atoms with van der Waals surface area (Å²) in [5.41, 5.74) is 0. The summed E-state index contributed by atoms with van der Waals surface area (Å²) in [7, 11) is 0. The van der Waals surface area contributed by atoms with E-state index in [1.54, 1.807) is 0 Å². The number of hydrogen-bond acceptors (Lipinski definition) is 4. The Hall–Kier alpha value is -1.26. The van der Waals surface area contributed by atoms with E-state index >= 15 is 0 Å². The second kappa shape index (κ2) is 4.55. The van der Waals surface area contributed by atoms with E-state index in [1.165, 1.54) is 0 Å². The first kappa shape index (κ1) is 10.9. The van der Waals surface area contributed by atoms with E-state index in [-0.39, 0.29) is 18.3 Å². The summed E-state index contributed by atoms with van der Waals surface area (Å²) in [5.74, 6) is 1.60. The molecule has 0 amide bonds. The minimum Gasteiger partial charge on any atom is -0.486 e. The highest BCUT2D eigenvalue weighted by molar-refractivity contribution is 5.40. The average molecular weight is 236 g/mol. The zero-order chi connectivity index (χ0) is 11.7. The normalized spacial score (nSPS) is 27.6. The van der Waals surface area contributed by atoms with Crippen LogP contribution < -0.4 is 9.47 Å². The maximum Gasteiger partial charge on any atom is 0.161 e. The largest absolute Gasteiger partial charge is 0.486 e. The van der Waals surface area contributed by atoms with Gasteiger partial charge in [-0.05, 0) is 19.1 Å². The van der Waals surface area contributed by atoms with Crippen molar-refractivity contribution >= 4 is 0 Å². The molecule has 0 saturated carbocycles. The maximum absolute atomic E-state index is 5.86. The Kier molecular flexibility index (Phi) is 2.91. The van der Waals surface area contributed by atoms with Gasteiger partial charge in [-0.3, -0.25) is 0 Å². The second-order valence-electron chi connectivity index (χ2n) is 4.41. The number of para-hydroxylation sites is 2. The van der Waals surface area contributed by atoms with Crippen molar-refractivity contribution in [3.63, 3.8) is 0 Å². The summed E-state index contributed by atoms with van der Waals surface area (Å²) < 4.78 is 22.3. The van der Waals surface area contributed by atoms with Crippen molar-refractivity contribution in [3.05, 3.63) is 24.3 Å². The molecule has 4 heteroatoms. The van der Waals surface area contributed by atoms with Crippen LogP contribution in [0.1, 0.15) is 6.92 Å². The van der Waals surface area contributed by atoms with E-state index in [0.717, 1.165) is 18.1 Å². The van der Waals surface area contributed by atoms with Gasteiger partial charge in [0, 0.05) is 0 Å². The number of hydrogen-bond donors (Lipinski definition) is 0. The molecule has 3 unspecified atom stereocenters. The van der Waals surface area contributed by atoms with E-state index in [1.807, 2.05) is 31.2 Å². The van der Waals surface area contributed by atoms with Crippen LogP contribution in [0, 0.1) is 0 Å². The van der Waals surface area contributed by atoms with Gasteiger partial charge in [-0.2, -0.15) is 0 Å². The summed E-state index contributed by atoms with van der Waals surface area (Å²) in [6.07, 6.45) is 0.241. The summed E-state index contributed by atoms with van der Waals surface area (Å²) in [6.45, 7) is 3.99. The van der Waals surface area contributed by atoms with Gasteiger partial charge in [0.05, 0.1) is 19.3 Å². The zero-order valence-electron chi connectivity index (χ0n) is 9.80. The lowest BCUT2D eigenvalue weighted by Crippen LogP contribution is -2.40. The van der Waals surface area contributed by atoms with Gasteiger partial charge in [-0.25, -0.2) is 0 Å². The smallest absolute Gasteiger partial charge is 0.161 e. The highest BCUT2D eigenvalue weighted by Crippen LogP contribution is 2.32. The predicted octanol–water partition coefficient (Wildman–Crippen LogP) is 1.63. The molecule has 0 N–H and O–H groups in total. The van der Waals surface area contributed by atoms with Crippen LogP contribution in [0.3, 0.4) is 0 Å². The molecule has 92 valence electrons. The van der Waals surface area contributed by atoms with E-state index < -0.39 is 0 Å². The molecule has 0 aliphatic carbocycles. The van der Waals surface area contributed by atoms with Crippen molar-refractivity contribution in [1.29, 1.82) is 0 Å². The first-order valence-electron chi connectivity index (χ1n) is 5.94. The average Bonchev–Trinajstić information content (AvgIpc) is 3.19. The van der Waals surface area contributed by atoms with E-state index in [2.05, 4.69) is 0 Å². The van der Waals surface area contributed by atoms with Gasteiger partial charge in [-0.1, -0.05) is 12.1 Å². The van der Waals surface area contributed by atoms with E-state index in [0.29, 0.717) is 13.2 Å². The summed E-state index contributed by atoms with van der Waals surface area (Å²) in [6, 6.07) is 7.70. The van der Waals surface area contributed by atoms with Gasteiger partial charge < -0.3 is 18.9 Å². The molecular weight excluding hydrogens is 220 g/mol. The van der Waals surface area contributed by atoms with E-state index in [4.69, 9.17) is 18.9 Å². The monoisotopic (exact) mass is 236 g/mol. The minimum atomic E-state index is -0.0522. The number of fused-ring (bicyclic) bond motifs is 1. The van der Waals surface area contributed by atoms with Crippen molar-refractivity contribution in [1.82, 2.24) is 0 Å². The van der Waals surface area contributed by atoms with Crippen molar-refractivity contribution in [2.24, 2.45) is 0 Å². The molecule has 0 radical (unpaired) electrons. The van der Waals surface area contributed by atoms with Crippen LogP contribution in [0.5, 0.6) is 11.5 Å². The number of epoxide rings is 1. The summed E-state index contributed by atoms with van der Waals surface area (Å²) in [5, 5.41) is 0. The Morgan fingerprint density at radius 1 is 1.29 bits per heavy atom. The lowest BCUT2D eigenvalue weighted by molar-refractivity contribution is -0.0475. The van der Waals surface area contributed by atoms with Gasteiger partial charge in [0.1, 0.15) is 12.7 Å². The minimum absolute atomic E-state index is 0.00700. The number of rotatable bonds is 4. The Bertz CT molecular complexity index is 389. The SMILES string of the molecule is CC(OCC1CO1)C1COc2ccccc2O1. The van der Waals surface area contributed by atoms with Crippen LogP contribution in [0.2, 0.25) is 0 Å². The molecule has 1 aromatic carbocycles. The predicted molar refractivity (Wildman–Crippen MR) is 61.5 cm³/mol. The molecule has 0 bridgehead atoms. The third kappa shape index (κ3) is 2.53. The fourth-order valence-electron chi connectivity index (χ4n) is 1.80. The molecule has 2 heterocycles. The Labute approximate surface area is 100 Å². The molecule has 1 saturated heterocycles. The van der Waals surface area contributed by atoms with Gasteiger partial charge in [-0.15, -0.1) is 0 Å². The molecule has 2 aliphatic rings. The van der Waals surface area contributed by atoms with Gasteiger partial charge in [0.2, 0.25) is 0 Å². The van der Waals surface area contributed by atoms with Crippen LogP contribution >= 0.6 is 0 Å². The van der Waals surface area contributed by atoms with Crippen LogP contribution in [0.25, 0.3) is 0 Å². The molecule has 0 aromatic heterocycles. The Morgan fingerprint density at radius 3 is 2.82 bits per heavy atom. The first-order chi connectivity index (χ1) is 8.33. The van der Waals surface area contributed by atoms with Gasteiger partial charge >= 0.3 is 0 Å². The van der Waals surface area contributed by atoms with Crippen LogP contribution in [-0.4, -0.2) is 38.1 Å². The fraction of sp³-hybridized carbons (Fsp3) is 0.538. The van der Waals surface area contributed by atoms with Crippen LogP contribution in [0.15, 0.2) is 24.3 Å². The molecular formula is C13H16O4. The molecule has 1 aromatic rings. The van der Waals surface area contributed by atoms with Crippen molar-refractivity contribution in [3.8, 4) is 11.5 Å². The van der Waals surface area contributed by atoms with Gasteiger partial charge in [0.15, 0.2) is 17.6 Å². The van der Waals surface area contributed by atoms with Crippen molar-refractivity contribution in [2.75, 3.05) is 19.8 Å². The molecule has 3 rings (SSSR count). The molecule has 4 nitrogen and oxygen atoms in total. The highest BCUT2D eigenvalue weighted by Gasteiger charge is 2.29. The zero-order valence-corrected chi connectivity index (χ0v) is 9.80. The lowest BCUT2D eigenvalue weighted by atomic mass is 10.2. The standard InChI is InChI=1S/C13H16O4/c1-9(14-6-10-7-15-10)13-8-16-11-4-2-3-5-12(11)17-13/h2-5,9-10,13H,6-8H2,1H3. The molecule has 17 heavy (non-hydrogen) atoms. The second-order valence-corrected chi connectivity index (χ2v) is 4.41. The molecule has 3 atom stereocenters. The van der Waals surface area contributed by atoms with Crippen molar-refractivity contribution < 1.29 is 18.9 Å².